The smallest absolute Gasteiger partial charge is 0.481 e. The van der Waals surface area contributed by atoms with Crippen molar-refractivity contribution >= 4 is 28.6 Å². The molecule has 0 amide bonds. The van der Waals surface area contributed by atoms with Gasteiger partial charge in [0, 0.05) is 5.56 Å². The summed E-state index contributed by atoms with van der Waals surface area (Å²) in [6, 6.07) is 0. The number of aromatic nitrogens is 1. The summed E-state index contributed by atoms with van der Waals surface area (Å²) in [6.45, 7) is 0. The van der Waals surface area contributed by atoms with Gasteiger partial charge in [-0.1, -0.05) is 0 Å². The number of nitrogens with zero attached hydrogens (tertiary/aromatic N) is 1. The maximum absolute atomic E-state index is 12.1. The molecule has 1 aromatic rings. The standard InChI is InChI=1S/C9H7F3INO4/c1-17-8-4(2-6(15)16)7(13)5(3-14-8)18-9(10,11)12/h3H,2H2,1H3,(H,15,16). The number of halogens is 4. The summed E-state index contributed by atoms with van der Waals surface area (Å²) in [6.07, 6.45) is -4.54. The van der Waals surface area contributed by atoms with Crippen LogP contribution in [-0.4, -0.2) is 29.5 Å². The van der Waals surface area contributed by atoms with E-state index in [4.69, 9.17) is 9.84 Å². The first-order valence-electron chi connectivity index (χ1n) is 4.43. The zero-order valence-electron chi connectivity index (χ0n) is 8.92. The van der Waals surface area contributed by atoms with Crippen LogP contribution in [0.3, 0.4) is 0 Å². The molecule has 0 fully saturated rings. The van der Waals surface area contributed by atoms with Gasteiger partial charge in [-0.15, -0.1) is 13.2 Å². The predicted octanol–water partition coefficient (Wildman–Crippen LogP) is 2.22. The lowest BCUT2D eigenvalue weighted by atomic mass is 10.2. The zero-order valence-corrected chi connectivity index (χ0v) is 11.1. The van der Waals surface area contributed by atoms with Crippen molar-refractivity contribution in [2.75, 3.05) is 7.11 Å². The molecule has 1 rings (SSSR count). The van der Waals surface area contributed by atoms with Gasteiger partial charge in [0.05, 0.1) is 23.3 Å². The molecule has 1 aromatic heterocycles. The fourth-order valence-electron chi connectivity index (χ4n) is 1.17. The van der Waals surface area contributed by atoms with Crippen molar-refractivity contribution in [3.05, 3.63) is 15.3 Å². The van der Waals surface area contributed by atoms with Gasteiger partial charge in [-0.3, -0.25) is 4.79 Å². The van der Waals surface area contributed by atoms with E-state index in [0.29, 0.717) is 0 Å². The molecule has 0 aliphatic heterocycles. The summed E-state index contributed by atoms with van der Waals surface area (Å²) in [5.41, 5.74) is 0.0346. The van der Waals surface area contributed by atoms with Crippen molar-refractivity contribution in [3.63, 3.8) is 0 Å². The molecule has 0 radical (unpaired) electrons. The van der Waals surface area contributed by atoms with Gasteiger partial charge in [0.2, 0.25) is 5.88 Å². The van der Waals surface area contributed by atoms with E-state index < -0.39 is 24.5 Å². The number of ether oxygens (including phenoxy) is 2. The first-order chi connectivity index (χ1) is 8.24. The highest BCUT2D eigenvalue weighted by atomic mass is 127. The summed E-state index contributed by atoms with van der Waals surface area (Å²) in [7, 11) is 1.24. The van der Waals surface area contributed by atoms with E-state index in [0.717, 1.165) is 6.20 Å². The molecule has 0 aliphatic rings. The quantitative estimate of drug-likeness (QED) is 0.816. The molecular formula is C9H7F3INO4. The van der Waals surface area contributed by atoms with E-state index in [2.05, 4.69) is 9.72 Å². The van der Waals surface area contributed by atoms with Gasteiger partial charge < -0.3 is 14.6 Å². The Morgan fingerprint density at radius 1 is 1.56 bits per heavy atom. The van der Waals surface area contributed by atoms with Gasteiger partial charge in [0.25, 0.3) is 0 Å². The lowest BCUT2D eigenvalue weighted by Gasteiger charge is -2.14. The molecule has 100 valence electrons. The second-order valence-corrected chi connectivity index (χ2v) is 4.12. The van der Waals surface area contributed by atoms with Crippen LogP contribution < -0.4 is 9.47 Å². The molecule has 0 atom stereocenters. The number of carbonyl (C=O) groups is 1. The Balaban J connectivity index is 3.20. The van der Waals surface area contributed by atoms with Crippen LogP contribution >= 0.6 is 22.6 Å². The minimum Gasteiger partial charge on any atom is -0.481 e. The molecule has 0 saturated heterocycles. The number of hydrogen-bond acceptors (Lipinski definition) is 4. The van der Waals surface area contributed by atoms with Gasteiger partial charge in [-0.05, 0) is 22.6 Å². The van der Waals surface area contributed by atoms with Gasteiger partial charge in [0.1, 0.15) is 0 Å². The van der Waals surface area contributed by atoms with Crippen LogP contribution in [-0.2, 0) is 11.2 Å². The van der Waals surface area contributed by atoms with Crippen molar-refractivity contribution in [1.29, 1.82) is 0 Å². The lowest BCUT2D eigenvalue weighted by Crippen LogP contribution is -2.19. The van der Waals surface area contributed by atoms with Crippen LogP contribution in [0.15, 0.2) is 6.20 Å². The summed E-state index contributed by atoms with van der Waals surface area (Å²) in [4.78, 5) is 14.2. The Hall–Kier alpha value is -1.26. The topological polar surface area (TPSA) is 68.7 Å². The molecule has 9 heteroatoms. The Kier molecular flexibility index (Phi) is 4.59. The van der Waals surface area contributed by atoms with Gasteiger partial charge >= 0.3 is 12.3 Å². The maximum atomic E-state index is 12.1. The average Bonchev–Trinajstić information content (AvgIpc) is 2.22. The highest BCUT2D eigenvalue weighted by Crippen LogP contribution is 2.33. The van der Waals surface area contributed by atoms with E-state index in [1.807, 2.05) is 0 Å². The first-order valence-corrected chi connectivity index (χ1v) is 5.51. The van der Waals surface area contributed by atoms with Crippen molar-refractivity contribution in [2.24, 2.45) is 0 Å². The molecule has 0 unspecified atom stereocenters. The van der Waals surface area contributed by atoms with Crippen LogP contribution in [0.1, 0.15) is 5.56 Å². The third-order valence-corrected chi connectivity index (χ3v) is 2.97. The van der Waals surface area contributed by atoms with Crippen molar-refractivity contribution in [2.45, 2.75) is 12.8 Å². The minimum atomic E-state index is -4.86. The van der Waals surface area contributed by atoms with Crippen LogP contribution in [0.25, 0.3) is 0 Å². The van der Waals surface area contributed by atoms with Crippen LogP contribution in [0.2, 0.25) is 0 Å². The number of pyridine rings is 1. The van der Waals surface area contributed by atoms with Crippen molar-refractivity contribution in [3.8, 4) is 11.6 Å². The van der Waals surface area contributed by atoms with Crippen molar-refractivity contribution in [1.82, 2.24) is 4.98 Å². The summed E-state index contributed by atoms with van der Waals surface area (Å²) < 4.78 is 44.8. The Morgan fingerprint density at radius 3 is 2.61 bits per heavy atom. The number of hydrogen-bond donors (Lipinski definition) is 1. The number of alkyl halides is 3. The summed E-state index contributed by atoms with van der Waals surface area (Å²) in [5, 5.41) is 8.69. The first kappa shape index (κ1) is 14.8. The maximum Gasteiger partial charge on any atom is 0.573 e. The summed E-state index contributed by atoms with van der Waals surface area (Å²) in [5.74, 6) is -1.81. The van der Waals surface area contributed by atoms with Crippen molar-refractivity contribution < 1.29 is 32.5 Å². The van der Waals surface area contributed by atoms with Gasteiger partial charge in [0.15, 0.2) is 5.75 Å². The number of methoxy groups -OCH3 is 1. The largest absolute Gasteiger partial charge is 0.573 e. The molecule has 1 N–H and O–H groups in total. The average molecular weight is 377 g/mol. The van der Waals surface area contributed by atoms with Crippen LogP contribution in [0.5, 0.6) is 11.6 Å². The molecule has 18 heavy (non-hydrogen) atoms. The number of carboxylic acid groups (broad SMARTS) is 1. The van der Waals surface area contributed by atoms with Crippen LogP contribution in [0.4, 0.5) is 13.2 Å². The number of aliphatic carboxylic acids is 1. The molecule has 5 nitrogen and oxygen atoms in total. The highest BCUT2D eigenvalue weighted by Gasteiger charge is 2.33. The van der Waals surface area contributed by atoms with E-state index >= 15 is 0 Å². The van der Waals surface area contributed by atoms with Gasteiger partial charge in [-0.2, -0.15) is 0 Å². The molecule has 0 saturated carbocycles. The normalized spacial score (nSPS) is 11.2. The lowest BCUT2D eigenvalue weighted by molar-refractivity contribution is -0.275. The fraction of sp³-hybridized carbons (Fsp3) is 0.333. The minimum absolute atomic E-state index is 0.000764. The van der Waals surface area contributed by atoms with E-state index in [1.165, 1.54) is 7.11 Å². The summed E-state index contributed by atoms with van der Waals surface area (Å²) >= 11 is 1.55. The molecule has 1 heterocycles. The molecule has 0 aliphatic carbocycles. The monoisotopic (exact) mass is 377 g/mol. The second kappa shape index (κ2) is 5.59. The Bertz CT molecular complexity index is 464. The van der Waals surface area contributed by atoms with E-state index in [-0.39, 0.29) is 15.0 Å². The Labute approximate surface area is 113 Å². The predicted molar refractivity (Wildman–Crippen MR) is 61.5 cm³/mol. The Morgan fingerprint density at radius 2 is 2.17 bits per heavy atom. The third kappa shape index (κ3) is 3.89. The molecular weight excluding hydrogens is 370 g/mol. The second-order valence-electron chi connectivity index (χ2n) is 3.04. The number of rotatable bonds is 4. The SMILES string of the molecule is COc1ncc(OC(F)(F)F)c(I)c1CC(=O)O. The van der Waals surface area contributed by atoms with E-state index in [9.17, 15) is 18.0 Å². The molecule has 0 bridgehead atoms. The van der Waals surface area contributed by atoms with E-state index in [1.54, 1.807) is 22.6 Å². The molecule has 0 aromatic carbocycles. The molecule has 0 spiro atoms. The third-order valence-electron chi connectivity index (χ3n) is 1.79. The van der Waals surface area contributed by atoms with Crippen LogP contribution in [0, 0.1) is 3.57 Å². The van der Waals surface area contributed by atoms with Gasteiger partial charge in [-0.25, -0.2) is 4.98 Å². The fourth-order valence-corrected chi connectivity index (χ4v) is 1.84. The zero-order chi connectivity index (χ0) is 13.9. The highest BCUT2D eigenvalue weighted by molar-refractivity contribution is 14.1. The number of carboxylic acids is 1.